The zero-order valence-electron chi connectivity index (χ0n) is 13.4. The molecule has 21 heavy (non-hydrogen) atoms. The van der Waals surface area contributed by atoms with Crippen molar-refractivity contribution in [3.8, 4) is 0 Å². The Kier molecular flexibility index (Phi) is 3.65. The number of piperidine rings is 1. The lowest BCUT2D eigenvalue weighted by molar-refractivity contribution is 0.170. The van der Waals surface area contributed by atoms with E-state index in [4.69, 9.17) is 11.6 Å². The maximum absolute atomic E-state index is 6.30. The summed E-state index contributed by atoms with van der Waals surface area (Å²) in [6.45, 7) is 9.00. The first-order valence-corrected chi connectivity index (χ1v) is 8.23. The maximum atomic E-state index is 6.30. The molecule has 1 aromatic rings. The van der Waals surface area contributed by atoms with Gasteiger partial charge in [-0.15, -0.1) is 0 Å². The highest BCUT2D eigenvalue weighted by atomic mass is 35.5. The van der Waals surface area contributed by atoms with Crippen LogP contribution in [0, 0.1) is 0 Å². The van der Waals surface area contributed by atoms with Crippen molar-refractivity contribution in [2.45, 2.75) is 76.9 Å². The summed E-state index contributed by atoms with van der Waals surface area (Å²) >= 11 is 6.30. The van der Waals surface area contributed by atoms with E-state index in [0.717, 1.165) is 43.4 Å². The summed E-state index contributed by atoms with van der Waals surface area (Å²) in [6, 6.07) is 0.367. The molecule has 116 valence electrons. The van der Waals surface area contributed by atoms with Gasteiger partial charge in [-0.25, -0.2) is 9.97 Å². The molecule has 0 radical (unpaired) electrons. The number of fused-ring (bicyclic) bond motifs is 1. The minimum absolute atomic E-state index is 0.111. The molecule has 0 bridgehead atoms. The molecular weight excluding hydrogens is 284 g/mol. The molecule has 0 saturated carbocycles. The van der Waals surface area contributed by atoms with Gasteiger partial charge in [0, 0.05) is 22.7 Å². The number of aryl methyl sites for hydroxylation is 1. The highest BCUT2D eigenvalue weighted by molar-refractivity contribution is 6.30. The third-order valence-electron chi connectivity index (χ3n) is 4.41. The van der Waals surface area contributed by atoms with Gasteiger partial charge in [-0.05, 0) is 59.8 Å². The Morgan fingerprint density at radius 2 is 1.76 bits per heavy atom. The van der Waals surface area contributed by atoms with Crippen molar-refractivity contribution in [2.75, 3.05) is 5.32 Å². The van der Waals surface area contributed by atoms with Crippen molar-refractivity contribution < 1.29 is 0 Å². The fourth-order valence-corrected chi connectivity index (χ4v) is 4.34. The average Bonchev–Trinajstić information content (AvgIpc) is 2.72. The maximum Gasteiger partial charge on any atom is 0.224 e. The van der Waals surface area contributed by atoms with Crippen LogP contribution in [0.1, 0.15) is 58.2 Å². The summed E-state index contributed by atoms with van der Waals surface area (Å²) < 4.78 is 0. The lowest BCUT2D eigenvalue weighted by Crippen LogP contribution is -2.60. The van der Waals surface area contributed by atoms with Gasteiger partial charge in [-0.2, -0.15) is 0 Å². The Hall–Kier alpha value is -0.870. The lowest BCUT2D eigenvalue weighted by Gasteiger charge is -2.46. The van der Waals surface area contributed by atoms with Crippen molar-refractivity contribution in [1.82, 2.24) is 15.3 Å². The third-order valence-corrected chi connectivity index (χ3v) is 4.72. The molecule has 0 unspecified atom stereocenters. The Morgan fingerprint density at radius 1 is 1.10 bits per heavy atom. The molecule has 2 heterocycles. The molecular formula is C16H25ClN4. The second-order valence-electron chi connectivity index (χ2n) is 7.76. The Morgan fingerprint density at radius 3 is 2.43 bits per heavy atom. The zero-order valence-corrected chi connectivity index (χ0v) is 14.1. The van der Waals surface area contributed by atoms with Crippen molar-refractivity contribution >= 4 is 17.5 Å². The summed E-state index contributed by atoms with van der Waals surface area (Å²) in [4.78, 5) is 9.13. The second-order valence-corrected chi connectivity index (χ2v) is 8.12. The van der Waals surface area contributed by atoms with Crippen molar-refractivity contribution in [3.05, 3.63) is 16.4 Å². The van der Waals surface area contributed by atoms with Crippen LogP contribution in [0.3, 0.4) is 0 Å². The van der Waals surface area contributed by atoms with Gasteiger partial charge in [-0.3, -0.25) is 0 Å². The van der Waals surface area contributed by atoms with Crippen LogP contribution in [0.15, 0.2) is 0 Å². The average molecular weight is 309 g/mol. The van der Waals surface area contributed by atoms with E-state index in [1.54, 1.807) is 0 Å². The summed E-state index contributed by atoms with van der Waals surface area (Å²) in [5.41, 5.74) is 2.50. The number of aromatic nitrogens is 2. The van der Waals surface area contributed by atoms with Crippen LogP contribution in [0.25, 0.3) is 0 Å². The van der Waals surface area contributed by atoms with E-state index >= 15 is 0 Å². The SMILES string of the molecule is CC1(C)CC(Nc2nc(Cl)c3c(n2)CCC3)CC(C)(C)N1. The van der Waals surface area contributed by atoms with Crippen molar-refractivity contribution in [1.29, 1.82) is 0 Å². The van der Waals surface area contributed by atoms with Gasteiger partial charge in [0.25, 0.3) is 0 Å². The Bertz CT molecular complexity index is 537. The molecule has 0 amide bonds. The van der Waals surface area contributed by atoms with E-state index in [1.807, 2.05) is 0 Å². The van der Waals surface area contributed by atoms with Gasteiger partial charge < -0.3 is 10.6 Å². The smallest absolute Gasteiger partial charge is 0.224 e. The molecule has 1 fully saturated rings. The number of halogens is 1. The van der Waals surface area contributed by atoms with Gasteiger partial charge >= 0.3 is 0 Å². The molecule has 1 aliphatic heterocycles. The van der Waals surface area contributed by atoms with Gasteiger partial charge in [0.1, 0.15) is 5.15 Å². The molecule has 0 aromatic carbocycles. The molecule has 1 saturated heterocycles. The van der Waals surface area contributed by atoms with E-state index in [2.05, 4.69) is 48.3 Å². The van der Waals surface area contributed by atoms with Crippen LogP contribution in [0.4, 0.5) is 5.95 Å². The highest BCUT2D eigenvalue weighted by Gasteiger charge is 2.38. The number of rotatable bonds is 2. The van der Waals surface area contributed by atoms with Crippen LogP contribution in [-0.4, -0.2) is 27.1 Å². The molecule has 4 nitrogen and oxygen atoms in total. The third kappa shape index (κ3) is 3.32. The van der Waals surface area contributed by atoms with Crippen LogP contribution in [0.5, 0.6) is 0 Å². The molecule has 0 spiro atoms. The first-order chi connectivity index (χ1) is 9.74. The fourth-order valence-electron chi connectivity index (χ4n) is 4.06. The first-order valence-electron chi connectivity index (χ1n) is 7.85. The summed E-state index contributed by atoms with van der Waals surface area (Å²) in [5, 5.41) is 7.84. The predicted molar refractivity (Wildman–Crippen MR) is 87.0 cm³/mol. The minimum Gasteiger partial charge on any atom is -0.351 e. The van der Waals surface area contributed by atoms with E-state index in [0.29, 0.717) is 17.1 Å². The number of anilines is 1. The summed E-state index contributed by atoms with van der Waals surface area (Å²) in [6.07, 6.45) is 5.28. The minimum atomic E-state index is 0.111. The summed E-state index contributed by atoms with van der Waals surface area (Å²) in [7, 11) is 0. The van der Waals surface area contributed by atoms with Crippen LogP contribution in [-0.2, 0) is 12.8 Å². The van der Waals surface area contributed by atoms with Gasteiger partial charge in [-0.1, -0.05) is 11.6 Å². The normalized spacial score (nSPS) is 23.9. The topological polar surface area (TPSA) is 49.8 Å². The van der Waals surface area contributed by atoms with Gasteiger partial charge in [0.15, 0.2) is 0 Å². The molecule has 2 N–H and O–H groups in total. The molecule has 2 aliphatic rings. The standard InChI is InChI=1S/C16H25ClN4/c1-15(2)8-10(9-16(3,4)21-15)18-14-19-12-7-5-6-11(12)13(17)20-14/h10,21H,5-9H2,1-4H3,(H,18,19,20). The van der Waals surface area contributed by atoms with E-state index in [1.165, 1.54) is 0 Å². The Balaban J connectivity index is 1.79. The number of nitrogens with one attached hydrogen (secondary N) is 2. The van der Waals surface area contributed by atoms with E-state index < -0.39 is 0 Å². The van der Waals surface area contributed by atoms with Crippen LogP contribution in [0.2, 0.25) is 5.15 Å². The number of hydrogen-bond acceptors (Lipinski definition) is 4. The van der Waals surface area contributed by atoms with Gasteiger partial charge in [0.2, 0.25) is 5.95 Å². The predicted octanol–water partition coefficient (Wildman–Crippen LogP) is 3.34. The molecule has 5 heteroatoms. The van der Waals surface area contributed by atoms with Crippen molar-refractivity contribution in [2.24, 2.45) is 0 Å². The largest absolute Gasteiger partial charge is 0.351 e. The Labute approximate surface area is 132 Å². The lowest BCUT2D eigenvalue weighted by atomic mass is 9.80. The summed E-state index contributed by atoms with van der Waals surface area (Å²) in [5.74, 6) is 0.694. The molecule has 0 atom stereocenters. The van der Waals surface area contributed by atoms with Crippen molar-refractivity contribution in [3.63, 3.8) is 0 Å². The van der Waals surface area contributed by atoms with Crippen LogP contribution >= 0.6 is 11.6 Å². The van der Waals surface area contributed by atoms with E-state index in [9.17, 15) is 0 Å². The molecule has 1 aliphatic carbocycles. The second kappa shape index (κ2) is 5.10. The zero-order chi connectivity index (χ0) is 15.3. The monoisotopic (exact) mass is 308 g/mol. The fraction of sp³-hybridized carbons (Fsp3) is 0.750. The molecule has 3 rings (SSSR count). The van der Waals surface area contributed by atoms with E-state index in [-0.39, 0.29) is 11.1 Å². The van der Waals surface area contributed by atoms with Gasteiger partial charge in [0.05, 0.1) is 5.69 Å². The molecule has 1 aromatic heterocycles. The highest BCUT2D eigenvalue weighted by Crippen LogP contribution is 2.31. The number of nitrogens with zero attached hydrogens (tertiary/aromatic N) is 2. The first kappa shape index (κ1) is 15.0. The van der Waals surface area contributed by atoms with Crippen LogP contribution < -0.4 is 10.6 Å². The quantitative estimate of drug-likeness (QED) is 0.823. The number of hydrogen-bond donors (Lipinski definition) is 2.